The molecule has 0 unspecified atom stereocenters. The summed E-state index contributed by atoms with van der Waals surface area (Å²) in [6, 6.07) is 14.0. The van der Waals surface area contributed by atoms with Crippen molar-refractivity contribution in [3.63, 3.8) is 0 Å². The largest absolute Gasteiger partial charge is 0.497 e. The molecule has 0 atom stereocenters. The minimum atomic E-state index is -4.52. The molecule has 8 heteroatoms. The maximum Gasteiger partial charge on any atom is 0.417 e. The summed E-state index contributed by atoms with van der Waals surface area (Å²) < 4.78 is 43.3. The number of carbonyl (C=O) groups excluding carboxylic acids is 1. The number of hydrogen-bond donors (Lipinski definition) is 1. The number of carbonyl (C=O) groups is 1. The molecule has 3 rings (SSSR count). The molecule has 3 aromatic rings. The molecular weight excluding hydrogens is 393 g/mol. The van der Waals surface area contributed by atoms with Gasteiger partial charge in [0.1, 0.15) is 5.75 Å². The lowest BCUT2D eigenvalue weighted by atomic mass is 10.1. The molecule has 0 saturated heterocycles. The number of alkyl halides is 3. The van der Waals surface area contributed by atoms with Gasteiger partial charge in [-0.05, 0) is 30.3 Å². The number of aromatic nitrogens is 1. The number of rotatable bonds is 4. The lowest BCUT2D eigenvalue weighted by molar-refractivity contribution is -0.137. The number of anilines is 1. The Morgan fingerprint density at radius 3 is 2.43 bits per heavy atom. The summed E-state index contributed by atoms with van der Waals surface area (Å²) in [7, 11) is 1.53. The highest BCUT2D eigenvalue weighted by atomic mass is 35.5. The maximum atomic E-state index is 12.7. The zero-order valence-electron chi connectivity index (χ0n) is 14.5. The summed E-state index contributed by atoms with van der Waals surface area (Å²) in [6.07, 6.45) is -3.79. The van der Waals surface area contributed by atoms with Gasteiger partial charge in [0.2, 0.25) is 0 Å². The van der Waals surface area contributed by atoms with Crippen LogP contribution in [0.2, 0.25) is 5.02 Å². The Hall–Kier alpha value is -3.06. The van der Waals surface area contributed by atoms with Gasteiger partial charge in [-0.2, -0.15) is 13.2 Å². The average molecular weight is 407 g/mol. The quantitative estimate of drug-likeness (QED) is 0.606. The molecule has 0 bridgehead atoms. The van der Waals surface area contributed by atoms with Gasteiger partial charge in [0.05, 0.1) is 23.4 Å². The van der Waals surface area contributed by atoms with E-state index in [-0.39, 0.29) is 16.6 Å². The Labute approximate surface area is 163 Å². The van der Waals surface area contributed by atoms with Crippen LogP contribution in [0.5, 0.6) is 5.75 Å². The molecule has 0 spiro atoms. The van der Waals surface area contributed by atoms with E-state index in [2.05, 4.69) is 10.3 Å². The SMILES string of the molecule is COc1cccc(NC(=O)c2ccc(-c3ncc(C(F)(F)F)cc3Cl)cc2)c1. The molecule has 1 heterocycles. The topological polar surface area (TPSA) is 51.2 Å². The van der Waals surface area contributed by atoms with E-state index in [1.165, 1.54) is 7.11 Å². The van der Waals surface area contributed by atoms with E-state index in [0.29, 0.717) is 22.6 Å². The van der Waals surface area contributed by atoms with E-state index in [1.54, 1.807) is 48.5 Å². The predicted molar refractivity (Wildman–Crippen MR) is 101 cm³/mol. The lowest BCUT2D eigenvalue weighted by Crippen LogP contribution is -2.11. The number of hydrogen-bond acceptors (Lipinski definition) is 3. The summed E-state index contributed by atoms with van der Waals surface area (Å²) in [5.74, 6) is 0.266. The first-order chi connectivity index (χ1) is 13.3. The molecule has 0 aliphatic rings. The van der Waals surface area contributed by atoms with Crippen molar-refractivity contribution >= 4 is 23.2 Å². The molecule has 2 aromatic carbocycles. The Kier molecular flexibility index (Phi) is 5.56. The number of pyridine rings is 1. The molecule has 0 fully saturated rings. The number of nitrogens with zero attached hydrogens (tertiary/aromatic N) is 1. The Morgan fingerprint density at radius 1 is 1.11 bits per heavy atom. The van der Waals surface area contributed by atoms with Crippen molar-refractivity contribution < 1.29 is 22.7 Å². The highest BCUT2D eigenvalue weighted by molar-refractivity contribution is 6.33. The number of benzene rings is 2. The number of amides is 1. The lowest BCUT2D eigenvalue weighted by Gasteiger charge is -2.10. The second kappa shape index (κ2) is 7.90. The van der Waals surface area contributed by atoms with Gasteiger partial charge in [0.25, 0.3) is 5.91 Å². The van der Waals surface area contributed by atoms with Crippen molar-refractivity contribution in [2.24, 2.45) is 0 Å². The van der Waals surface area contributed by atoms with Crippen molar-refractivity contribution in [2.75, 3.05) is 12.4 Å². The van der Waals surface area contributed by atoms with E-state index < -0.39 is 11.7 Å². The number of halogens is 4. The molecule has 0 radical (unpaired) electrons. The van der Waals surface area contributed by atoms with E-state index in [0.717, 1.165) is 12.3 Å². The molecule has 0 aliphatic heterocycles. The first-order valence-electron chi connectivity index (χ1n) is 8.06. The summed E-state index contributed by atoms with van der Waals surface area (Å²) >= 11 is 5.95. The van der Waals surface area contributed by atoms with E-state index in [9.17, 15) is 18.0 Å². The van der Waals surface area contributed by atoms with Crippen LogP contribution in [-0.4, -0.2) is 18.0 Å². The second-order valence-corrected chi connectivity index (χ2v) is 6.22. The van der Waals surface area contributed by atoms with Crippen LogP contribution in [-0.2, 0) is 6.18 Å². The van der Waals surface area contributed by atoms with Crippen molar-refractivity contribution in [1.82, 2.24) is 4.98 Å². The van der Waals surface area contributed by atoms with Crippen LogP contribution in [0, 0.1) is 0 Å². The van der Waals surface area contributed by atoms with Crippen LogP contribution in [0.25, 0.3) is 11.3 Å². The number of methoxy groups -OCH3 is 1. The van der Waals surface area contributed by atoms with Gasteiger partial charge in [0, 0.05) is 29.1 Å². The normalized spacial score (nSPS) is 11.2. The van der Waals surface area contributed by atoms with Gasteiger partial charge in [0.15, 0.2) is 0 Å². The second-order valence-electron chi connectivity index (χ2n) is 5.82. The zero-order valence-corrected chi connectivity index (χ0v) is 15.3. The summed E-state index contributed by atoms with van der Waals surface area (Å²) in [5, 5.41) is 2.62. The van der Waals surface area contributed by atoms with Crippen molar-refractivity contribution in [2.45, 2.75) is 6.18 Å². The summed E-state index contributed by atoms with van der Waals surface area (Å²) in [6.45, 7) is 0. The number of ether oxygens (including phenoxy) is 1. The Balaban J connectivity index is 1.78. The standard InChI is InChI=1S/C20H14ClF3N2O2/c1-28-16-4-2-3-15(10-16)26-19(27)13-7-5-12(6-8-13)18-17(21)9-14(11-25-18)20(22,23)24/h2-11H,1H3,(H,26,27). The Morgan fingerprint density at radius 2 is 1.82 bits per heavy atom. The molecule has 1 aromatic heterocycles. The van der Waals surface area contributed by atoms with Crippen molar-refractivity contribution in [1.29, 1.82) is 0 Å². The summed E-state index contributed by atoms with van der Waals surface area (Å²) in [5.41, 5.74) is 0.720. The van der Waals surface area contributed by atoms with Crippen LogP contribution in [0.3, 0.4) is 0 Å². The Bertz CT molecular complexity index is 1010. The minimum Gasteiger partial charge on any atom is -0.497 e. The van der Waals surface area contributed by atoms with Crippen LogP contribution < -0.4 is 10.1 Å². The van der Waals surface area contributed by atoms with Crippen LogP contribution >= 0.6 is 11.6 Å². The molecule has 1 amide bonds. The zero-order chi connectivity index (χ0) is 20.3. The van der Waals surface area contributed by atoms with Gasteiger partial charge >= 0.3 is 6.18 Å². The molecule has 4 nitrogen and oxygen atoms in total. The predicted octanol–water partition coefficient (Wildman–Crippen LogP) is 5.68. The van der Waals surface area contributed by atoms with Gasteiger partial charge in [-0.15, -0.1) is 0 Å². The third kappa shape index (κ3) is 4.43. The first kappa shape index (κ1) is 19.7. The van der Waals surface area contributed by atoms with Crippen molar-refractivity contribution in [3.8, 4) is 17.0 Å². The minimum absolute atomic E-state index is 0.122. The van der Waals surface area contributed by atoms with E-state index in [4.69, 9.17) is 16.3 Å². The maximum absolute atomic E-state index is 12.7. The van der Waals surface area contributed by atoms with E-state index in [1.807, 2.05) is 0 Å². The third-order valence-corrected chi connectivity index (χ3v) is 4.20. The monoisotopic (exact) mass is 406 g/mol. The number of nitrogens with one attached hydrogen (secondary N) is 1. The average Bonchev–Trinajstić information content (AvgIpc) is 2.67. The van der Waals surface area contributed by atoms with Gasteiger partial charge in [-0.1, -0.05) is 29.8 Å². The molecule has 0 saturated carbocycles. The fourth-order valence-electron chi connectivity index (χ4n) is 2.49. The van der Waals surface area contributed by atoms with Gasteiger partial charge in [-0.3, -0.25) is 9.78 Å². The molecule has 0 aliphatic carbocycles. The summed E-state index contributed by atoms with van der Waals surface area (Å²) in [4.78, 5) is 16.2. The highest BCUT2D eigenvalue weighted by Gasteiger charge is 2.31. The van der Waals surface area contributed by atoms with Gasteiger partial charge < -0.3 is 10.1 Å². The molecular formula is C20H14ClF3N2O2. The first-order valence-corrected chi connectivity index (χ1v) is 8.44. The van der Waals surface area contributed by atoms with Gasteiger partial charge in [-0.25, -0.2) is 0 Å². The van der Waals surface area contributed by atoms with Crippen LogP contribution in [0.4, 0.5) is 18.9 Å². The van der Waals surface area contributed by atoms with Crippen LogP contribution in [0.15, 0.2) is 60.8 Å². The fourth-order valence-corrected chi connectivity index (χ4v) is 2.76. The molecule has 144 valence electrons. The van der Waals surface area contributed by atoms with Crippen molar-refractivity contribution in [3.05, 3.63) is 76.9 Å². The molecule has 28 heavy (non-hydrogen) atoms. The van der Waals surface area contributed by atoms with Crippen LogP contribution in [0.1, 0.15) is 15.9 Å². The van der Waals surface area contributed by atoms with E-state index >= 15 is 0 Å². The fraction of sp³-hybridized carbons (Fsp3) is 0.100. The molecule has 1 N–H and O–H groups in total. The highest BCUT2D eigenvalue weighted by Crippen LogP contribution is 2.34. The smallest absolute Gasteiger partial charge is 0.417 e. The third-order valence-electron chi connectivity index (χ3n) is 3.92.